The fourth-order valence-corrected chi connectivity index (χ4v) is 3.42. The largest absolute Gasteiger partial charge is 0.496 e. The van der Waals surface area contributed by atoms with Crippen LogP contribution in [0.3, 0.4) is 0 Å². The predicted molar refractivity (Wildman–Crippen MR) is 128 cm³/mol. The Morgan fingerprint density at radius 1 is 1.09 bits per heavy atom. The third-order valence-corrected chi connectivity index (χ3v) is 5.15. The van der Waals surface area contributed by atoms with E-state index < -0.39 is 0 Å². The maximum absolute atomic E-state index is 13.1. The fraction of sp³-hybridized carbons (Fsp3) is 0.320. The van der Waals surface area contributed by atoms with Crippen LogP contribution in [0.5, 0.6) is 5.75 Å². The maximum Gasteiger partial charge on any atom is 0.227 e. The van der Waals surface area contributed by atoms with Crippen LogP contribution in [0.1, 0.15) is 11.1 Å². The second kappa shape index (κ2) is 11.8. The Kier molecular flexibility index (Phi) is 8.58. The minimum atomic E-state index is -0.0465. The van der Waals surface area contributed by atoms with E-state index in [9.17, 15) is 4.79 Å². The van der Waals surface area contributed by atoms with Gasteiger partial charge in [0.15, 0.2) is 0 Å². The molecule has 2 aromatic carbocycles. The molecule has 0 atom stereocenters. The zero-order valence-electron chi connectivity index (χ0n) is 19.1. The van der Waals surface area contributed by atoms with Crippen molar-refractivity contribution in [3.8, 4) is 18.1 Å². The summed E-state index contributed by atoms with van der Waals surface area (Å²) < 4.78 is 15.9. The van der Waals surface area contributed by atoms with Gasteiger partial charge in [0.2, 0.25) is 5.91 Å². The number of fused-ring (bicyclic) bond motifs is 1. The van der Waals surface area contributed by atoms with Gasteiger partial charge in [-0.3, -0.25) is 4.79 Å². The Labute approximate surface area is 193 Å². The molecule has 0 saturated heterocycles. The van der Waals surface area contributed by atoms with Gasteiger partial charge in [0, 0.05) is 55.6 Å². The van der Waals surface area contributed by atoms with Gasteiger partial charge in [-0.05, 0) is 24.3 Å². The number of ether oxygens (including phenoxy) is 3. The summed E-state index contributed by atoms with van der Waals surface area (Å²) >= 11 is 0. The Bertz CT molecular complexity index is 1130. The highest BCUT2D eigenvalue weighted by Gasteiger charge is 2.18. The summed E-state index contributed by atoms with van der Waals surface area (Å²) in [4.78, 5) is 23.6. The lowest BCUT2D eigenvalue weighted by Crippen LogP contribution is -2.37. The number of nitrogens with zero attached hydrogens (tertiary/aromatic N) is 3. The second-order valence-corrected chi connectivity index (χ2v) is 7.30. The van der Waals surface area contributed by atoms with Crippen molar-refractivity contribution in [3.63, 3.8) is 0 Å². The van der Waals surface area contributed by atoms with Crippen molar-refractivity contribution in [1.82, 2.24) is 14.9 Å². The Morgan fingerprint density at radius 3 is 2.52 bits per heavy atom. The number of aromatic nitrogens is 2. The van der Waals surface area contributed by atoms with Crippen LogP contribution in [0.4, 0.5) is 11.5 Å². The summed E-state index contributed by atoms with van der Waals surface area (Å²) in [7, 11) is 4.80. The second-order valence-electron chi connectivity index (χ2n) is 7.30. The van der Waals surface area contributed by atoms with Crippen LogP contribution in [-0.4, -0.2) is 68.4 Å². The molecular formula is C25H28N4O4. The molecule has 1 aromatic heterocycles. The molecule has 0 aliphatic heterocycles. The first-order valence-electron chi connectivity index (χ1n) is 10.5. The molecule has 1 N–H and O–H groups in total. The number of carbonyl (C=O) groups excluding carboxylic acids is 1. The van der Waals surface area contributed by atoms with Crippen LogP contribution < -0.4 is 10.1 Å². The molecule has 8 heteroatoms. The lowest BCUT2D eigenvalue weighted by atomic mass is 10.1. The van der Waals surface area contributed by atoms with E-state index in [1.165, 1.54) is 6.33 Å². The third kappa shape index (κ3) is 6.19. The van der Waals surface area contributed by atoms with E-state index in [2.05, 4.69) is 21.2 Å². The predicted octanol–water partition coefficient (Wildman–Crippen LogP) is 3.03. The molecular weight excluding hydrogens is 420 g/mol. The summed E-state index contributed by atoms with van der Waals surface area (Å²) in [6, 6.07) is 11.2. The number of methoxy groups -OCH3 is 3. The van der Waals surface area contributed by atoms with Crippen LogP contribution in [0, 0.1) is 12.3 Å². The molecule has 0 aliphatic carbocycles. The van der Waals surface area contributed by atoms with Crippen LogP contribution in [0.15, 0.2) is 42.7 Å². The summed E-state index contributed by atoms with van der Waals surface area (Å²) in [6.45, 7) is 1.86. The zero-order chi connectivity index (χ0) is 23.6. The van der Waals surface area contributed by atoms with E-state index >= 15 is 0 Å². The van der Waals surface area contributed by atoms with Gasteiger partial charge in [-0.1, -0.05) is 12.0 Å². The molecule has 0 unspecified atom stereocenters. The highest BCUT2D eigenvalue weighted by molar-refractivity contribution is 5.93. The van der Waals surface area contributed by atoms with Crippen molar-refractivity contribution in [3.05, 3.63) is 53.9 Å². The molecule has 0 spiro atoms. The Hall–Kier alpha value is -3.67. The first-order valence-corrected chi connectivity index (χ1v) is 10.5. The first-order chi connectivity index (χ1) is 16.1. The molecule has 0 saturated carbocycles. The standard InChI is InChI=1S/C25H28N4O4/c1-5-18-7-6-8-20(13-18)28-25-21-14-19(23(33-4)16-22(21)26-17-27-25)15-24(30)29(9-11-31-2)10-12-32-3/h1,6-8,13-14,16-17H,9-12,15H2,2-4H3,(H,26,27,28). The van der Waals surface area contributed by atoms with Crippen molar-refractivity contribution in [1.29, 1.82) is 0 Å². The quantitative estimate of drug-likeness (QED) is 0.451. The molecule has 1 amide bonds. The summed E-state index contributed by atoms with van der Waals surface area (Å²) in [5.41, 5.74) is 3.01. The molecule has 0 aliphatic rings. The van der Waals surface area contributed by atoms with Crippen molar-refractivity contribution >= 4 is 28.3 Å². The molecule has 0 fully saturated rings. The molecule has 0 radical (unpaired) electrons. The maximum atomic E-state index is 13.1. The molecule has 0 bridgehead atoms. The lowest BCUT2D eigenvalue weighted by Gasteiger charge is -2.22. The number of terminal acetylenes is 1. The third-order valence-electron chi connectivity index (χ3n) is 5.15. The first kappa shape index (κ1) is 24.0. The summed E-state index contributed by atoms with van der Waals surface area (Å²) in [6.07, 6.45) is 7.16. The zero-order valence-corrected chi connectivity index (χ0v) is 19.1. The van der Waals surface area contributed by atoms with E-state index in [1.54, 1.807) is 26.2 Å². The van der Waals surface area contributed by atoms with Crippen LogP contribution in [-0.2, 0) is 20.7 Å². The number of amides is 1. The van der Waals surface area contributed by atoms with Gasteiger partial charge in [0.1, 0.15) is 17.9 Å². The van der Waals surface area contributed by atoms with Crippen LogP contribution in [0.25, 0.3) is 10.9 Å². The minimum Gasteiger partial charge on any atom is -0.496 e. The van der Waals surface area contributed by atoms with Gasteiger partial charge in [0.25, 0.3) is 0 Å². The number of hydrogen-bond acceptors (Lipinski definition) is 7. The number of anilines is 2. The monoisotopic (exact) mass is 448 g/mol. The average molecular weight is 449 g/mol. The van der Waals surface area contributed by atoms with Gasteiger partial charge in [-0.15, -0.1) is 6.42 Å². The highest BCUT2D eigenvalue weighted by atomic mass is 16.5. The lowest BCUT2D eigenvalue weighted by molar-refractivity contribution is -0.131. The SMILES string of the molecule is C#Cc1cccc(Nc2ncnc3cc(OC)c(CC(=O)N(CCOC)CCOC)cc23)c1. The molecule has 172 valence electrons. The smallest absolute Gasteiger partial charge is 0.227 e. The molecule has 8 nitrogen and oxygen atoms in total. The minimum absolute atomic E-state index is 0.0465. The highest BCUT2D eigenvalue weighted by Crippen LogP contribution is 2.30. The van der Waals surface area contributed by atoms with Crippen molar-refractivity contribution in [2.75, 3.05) is 52.9 Å². The van der Waals surface area contributed by atoms with Gasteiger partial charge in [-0.25, -0.2) is 9.97 Å². The fourth-order valence-electron chi connectivity index (χ4n) is 3.42. The topological polar surface area (TPSA) is 85.8 Å². The van der Waals surface area contributed by atoms with Gasteiger partial charge in [-0.2, -0.15) is 0 Å². The Morgan fingerprint density at radius 2 is 1.85 bits per heavy atom. The Balaban J connectivity index is 1.93. The van der Waals surface area contributed by atoms with E-state index in [-0.39, 0.29) is 12.3 Å². The average Bonchev–Trinajstić information content (AvgIpc) is 2.84. The number of rotatable bonds is 11. The van der Waals surface area contributed by atoms with Gasteiger partial charge in [0.05, 0.1) is 32.3 Å². The van der Waals surface area contributed by atoms with Gasteiger partial charge >= 0.3 is 0 Å². The van der Waals surface area contributed by atoms with E-state index in [1.807, 2.05) is 36.4 Å². The summed E-state index contributed by atoms with van der Waals surface area (Å²) in [5, 5.41) is 4.07. The number of carbonyl (C=O) groups is 1. The summed E-state index contributed by atoms with van der Waals surface area (Å²) in [5.74, 6) is 3.78. The van der Waals surface area contributed by atoms with Crippen molar-refractivity contribution in [2.24, 2.45) is 0 Å². The van der Waals surface area contributed by atoms with E-state index in [0.717, 1.165) is 22.2 Å². The van der Waals surface area contributed by atoms with E-state index in [4.69, 9.17) is 20.6 Å². The number of benzene rings is 2. The molecule has 33 heavy (non-hydrogen) atoms. The van der Waals surface area contributed by atoms with Gasteiger partial charge < -0.3 is 24.4 Å². The molecule has 1 heterocycles. The normalized spacial score (nSPS) is 10.6. The number of nitrogens with one attached hydrogen (secondary N) is 1. The van der Waals surface area contributed by atoms with E-state index in [0.29, 0.717) is 43.4 Å². The van der Waals surface area contributed by atoms with Crippen molar-refractivity contribution in [2.45, 2.75) is 6.42 Å². The molecule has 3 rings (SSSR count). The van der Waals surface area contributed by atoms with Crippen LogP contribution in [0.2, 0.25) is 0 Å². The number of hydrogen-bond donors (Lipinski definition) is 1. The van der Waals surface area contributed by atoms with Crippen molar-refractivity contribution < 1.29 is 19.0 Å². The molecule has 3 aromatic rings. The van der Waals surface area contributed by atoms with Crippen LogP contribution >= 0.6 is 0 Å².